The molecule has 34 heavy (non-hydrogen) atoms. The number of Topliss-reactive ketones (excluding diaryl/α,β-unsaturated/α-hetero) is 2. The summed E-state index contributed by atoms with van der Waals surface area (Å²) in [6.07, 6.45) is 0.158. The predicted octanol–water partition coefficient (Wildman–Crippen LogP) is 5.91. The lowest BCUT2D eigenvalue weighted by Crippen LogP contribution is -2.29. The average Bonchev–Trinajstić information content (AvgIpc) is 3.33. The molecule has 2 atom stereocenters. The maximum atomic E-state index is 14.0. The number of carbonyl (C=O) groups is 2. The molecule has 5 heteroatoms. The molecule has 5 rings (SSSR count). The van der Waals surface area contributed by atoms with Gasteiger partial charge in [0.15, 0.2) is 11.6 Å². The van der Waals surface area contributed by atoms with E-state index in [1.54, 1.807) is 16.8 Å². The second-order valence-corrected chi connectivity index (χ2v) is 8.21. The lowest BCUT2D eigenvalue weighted by atomic mass is 9.82. The van der Waals surface area contributed by atoms with E-state index >= 15 is 0 Å². The predicted molar refractivity (Wildman–Crippen MR) is 132 cm³/mol. The Morgan fingerprint density at radius 1 is 0.676 bits per heavy atom. The molecule has 0 N–H and O–H groups in total. The van der Waals surface area contributed by atoms with Crippen LogP contribution in [-0.4, -0.2) is 26.6 Å². The minimum atomic E-state index is -0.745. The van der Waals surface area contributed by atoms with Crippen molar-refractivity contribution in [1.29, 1.82) is 0 Å². The molecule has 0 aliphatic heterocycles. The van der Waals surface area contributed by atoms with E-state index in [0.29, 0.717) is 16.6 Å². The molecule has 0 bridgehead atoms. The van der Waals surface area contributed by atoms with Crippen molar-refractivity contribution in [2.24, 2.45) is 0 Å². The lowest BCUT2D eigenvalue weighted by molar-refractivity contribution is 0.0875. The first-order valence-electron chi connectivity index (χ1n) is 11.2. The van der Waals surface area contributed by atoms with E-state index in [9.17, 15) is 9.59 Å². The fourth-order valence-corrected chi connectivity index (χ4v) is 4.38. The third-order valence-electron chi connectivity index (χ3n) is 6.08. The largest absolute Gasteiger partial charge is 0.294 e. The molecule has 0 saturated heterocycles. The summed E-state index contributed by atoms with van der Waals surface area (Å²) < 4.78 is 1.68. The van der Waals surface area contributed by atoms with Gasteiger partial charge in [-0.05, 0) is 17.7 Å². The summed E-state index contributed by atoms with van der Waals surface area (Å²) in [5, 5.41) is 8.71. The summed E-state index contributed by atoms with van der Waals surface area (Å²) in [5.41, 5.74) is 3.55. The fraction of sp³-hybridized carbons (Fsp3) is 0.103. The number of ketones is 2. The second-order valence-electron chi connectivity index (χ2n) is 8.21. The summed E-state index contributed by atoms with van der Waals surface area (Å²) in [5.74, 6) is -0.567. The smallest absolute Gasteiger partial charge is 0.188 e. The topological polar surface area (TPSA) is 64.8 Å². The summed E-state index contributed by atoms with van der Waals surface area (Å²) >= 11 is 0. The van der Waals surface area contributed by atoms with Gasteiger partial charge in [0.25, 0.3) is 0 Å². The van der Waals surface area contributed by atoms with Gasteiger partial charge in [-0.25, -0.2) is 4.68 Å². The number of benzene rings is 4. The van der Waals surface area contributed by atoms with E-state index in [4.69, 9.17) is 0 Å². The molecule has 2 unspecified atom stereocenters. The van der Waals surface area contributed by atoms with Crippen LogP contribution in [0.5, 0.6) is 0 Å². The van der Waals surface area contributed by atoms with Gasteiger partial charge in [-0.3, -0.25) is 9.59 Å². The van der Waals surface area contributed by atoms with Crippen molar-refractivity contribution >= 4 is 22.6 Å². The first kappa shape index (κ1) is 21.5. The minimum Gasteiger partial charge on any atom is -0.294 e. The van der Waals surface area contributed by atoms with Gasteiger partial charge in [0, 0.05) is 23.5 Å². The van der Waals surface area contributed by atoms with Gasteiger partial charge < -0.3 is 0 Å². The highest BCUT2D eigenvalue weighted by Gasteiger charge is 2.35. The van der Waals surface area contributed by atoms with E-state index in [1.165, 1.54) is 0 Å². The number of rotatable bonds is 8. The Hall–Kier alpha value is -4.38. The third kappa shape index (κ3) is 4.28. The van der Waals surface area contributed by atoms with Crippen molar-refractivity contribution in [1.82, 2.24) is 15.0 Å². The van der Waals surface area contributed by atoms with E-state index in [-0.39, 0.29) is 18.0 Å². The van der Waals surface area contributed by atoms with Crippen LogP contribution in [0.15, 0.2) is 115 Å². The van der Waals surface area contributed by atoms with Crippen molar-refractivity contribution in [3.8, 4) is 0 Å². The molecule has 0 fully saturated rings. The lowest BCUT2D eigenvalue weighted by Gasteiger charge is -2.27. The van der Waals surface area contributed by atoms with Crippen LogP contribution in [0.2, 0.25) is 0 Å². The van der Waals surface area contributed by atoms with E-state index in [1.807, 2.05) is 103 Å². The highest BCUT2D eigenvalue weighted by Crippen LogP contribution is 2.36. The number of hydrogen-bond donors (Lipinski definition) is 0. The van der Waals surface area contributed by atoms with Crippen molar-refractivity contribution < 1.29 is 9.59 Å². The van der Waals surface area contributed by atoms with Crippen LogP contribution in [0.3, 0.4) is 0 Å². The maximum Gasteiger partial charge on any atom is 0.188 e. The van der Waals surface area contributed by atoms with Crippen molar-refractivity contribution in [3.05, 3.63) is 132 Å². The molecule has 5 nitrogen and oxygen atoms in total. The Balaban J connectivity index is 1.66. The Labute approximate surface area is 197 Å². The number of aromatic nitrogens is 3. The van der Waals surface area contributed by atoms with Gasteiger partial charge >= 0.3 is 0 Å². The van der Waals surface area contributed by atoms with Crippen LogP contribution >= 0.6 is 0 Å². The Kier molecular flexibility index (Phi) is 6.08. The quantitative estimate of drug-likeness (QED) is 0.279. The maximum absolute atomic E-state index is 14.0. The molecule has 166 valence electrons. The fourth-order valence-electron chi connectivity index (χ4n) is 4.38. The highest BCUT2D eigenvalue weighted by atomic mass is 16.1. The average molecular weight is 446 g/mol. The SMILES string of the molecule is O=C(CC(c1ccccc1)C(C(=O)c1ccccc1)n1nnc2ccccc21)c1ccccc1. The van der Waals surface area contributed by atoms with E-state index < -0.39 is 12.0 Å². The standard InChI is InChI=1S/C29H23N3O2/c33-27(22-14-6-2-7-15-22)20-24(21-12-4-1-5-13-21)28(29(34)23-16-8-3-9-17-23)32-26-19-11-10-18-25(26)30-31-32/h1-19,24,28H,20H2. The second kappa shape index (κ2) is 9.63. The number of fused-ring (bicyclic) bond motifs is 1. The third-order valence-corrected chi connectivity index (χ3v) is 6.08. The number of para-hydroxylation sites is 1. The van der Waals surface area contributed by atoms with Crippen LogP contribution in [0.25, 0.3) is 11.0 Å². The van der Waals surface area contributed by atoms with Gasteiger partial charge in [-0.15, -0.1) is 5.10 Å². The summed E-state index contributed by atoms with van der Waals surface area (Å²) in [6.45, 7) is 0. The molecule has 0 radical (unpaired) electrons. The first-order chi connectivity index (χ1) is 16.7. The van der Waals surface area contributed by atoms with Crippen LogP contribution in [0.4, 0.5) is 0 Å². The molecule has 0 saturated carbocycles. The van der Waals surface area contributed by atoms with Crippen LogP contribution in [0.1, 0.15) is 44.7 Å². The Morgan fingerprint density at radius 3 is 1.91 bits per heavy atom. The monoisotopic (exact) mass is 445 g/mol. The zero-order valence-electron chi connectivity index (χ0n) is 18.5. The minimum absolute atomic E-state index is 0.0234. The zero-order valence-corrected chi connectivity index (χ0v) is 18.5. The van der Waals surface area contributed by atoms with Crippen molar-refractivity contribution in [2.45, 2.75) is 18.4 Å². The highest BCUT2D eigenvalue weighted by molar-refractivity contribution is 6.02. The Morgan fingerprint density at radius 2 is 1.24 bits per heavy atom. The van der Waals surface area contributed by atoms with Gasteiger partial charge in [-0.1, -0.05) is 108 Å². The normalized spacial score (nSPS) is 12.8. The molecule has 5 aromatic rings. The number of hydrogen-bond acceptors (Lipinski definition) is 4. The van der Waals surface area contributed by atoms with Crippen molar-refractivity contribution in [2.75, 3.05) is 0 Å². The number of nitrogens with zero attached hydrogens (tertiary/aromatic N) is 3. The van der Waals surface area contributed by atoms with Crippen LogP contribution in [0, 0.1) is 0 Å². The molecule has 0 aliphatic carbocycles. The molecular weight excluding hydrogens is 422 g/mol. The number of carbonyl (C=O) groups excluding carboxylic acids is 2. The molecule has 0 aliphatic rings. The first-order valence-corrected chi connectivity index (χ1v) is 11.2. The molecule has 0 amide bonds. The van der Waals surface area contributed by atoms with E-state index in [0.717, 1.165) is 11.1 Å². The van der Waals surface area contributed by atoms with Crippen molar-refractivity contribution in [3.63, 3.8) is 0 Å². The van der Waals surface area contributed by atoms with E-state index in [2.05, 4.69) is 10.3 Å². The zero-order chi connectivity index (χ0) is 23.3. The summed E-state index contributed by atoms with van der Waals surface area (Å²) in [4.78, 5) is 27.4. The van der Waals surface area contributed by atoms with Gasteiger partial charge in [0.05, 0.1) is 5.52 Å². The molecular formula is C29H23N3O2. The molecule has 0 spiro atoms. The van der Waals surface area contributed by atoms with Gasteiger partial charge in [0.2, 0.25) is 0 Å². The van der Waals surface area contributed by atoms with Gasteiger partial charge in [-0.2, -0.15) is 0 Å². The van der Waals surface area contributed by atoms with Crippen LogP contribution < -0.4 is 0 Å². The Bertz CT molecular complexity index is 1410. The molecule has 1 aromatic heterocycles. The van der Waals surface area contributed by atoms with Gasteiger partial charge in [0.1, 0.15) is 11.6 Å². The molecule has 1 heterocycles. The summed E-state index contributed by atoms with van der Waals surface area (Å²) in [7, 11) is 0. The summed E-state index contributed by atoms with van der Waals surface area (Å²) in [6, 6.07) is 34.9. The van der Waals surface area contributed by atoms with Crippen LogP contribution in [-0.2, 0) is 0 Å². The molecule has 4 aromatic carbocycles.